The Hall–Kier alpha value is -2.69. The van der Waals surface area contributed by atoms with Crippen LogP contribution in [0.15, 0.2) is 48.5 Å². The van der Waals surface area contributed by atoms with Crippen molar-refractivity contribution in [1.82, 2.24) is 20.2 Å². The molecule has 0 aliphatic carbocycles. The van der Waals surface area contributed by atoms with Crippen molar-refractivity contribution in [2.24, 2.45) is 0 Å². The molecule has 0 saturated heterocycles. The van der Waals surface area contributed by atoms with E-state index in [1.54, 1.807) is 4.68 Å². The maximum atomic E-state index is 5.72. The van der Waals surface area contributed by atoms with Crippen molar-refractivity contribution in [2.45, 2.75) is 13.3 Å². The van der Waals surface area contributed by atoms with Crippen molar-refractivity contribution >= 4 is 5.69 Å². The highest BCUT2D eigenvalue weighted by Crippen LogP contribution is 2.22. The van der Waals surface area contributed by atoms with Crippen molar-refractivity contribution in [2.75, 3.05) is 5.73 Å². The number of tetrazole rings is 1. The molecule has 0 saturated carbocycles. The molecule has 1 heterocycles. The summed E-state index contributed by atoms with van der Waals surface area (Å²) in [5, 5.41) is 12.1. The van der Waals surface area contributed by atoms with Crippen LogP contribution in [0.1, 0.15) is 12.5 Å². The lowest BCUT2D eigenvalue weighted by Gasteiger charge is -2.09. The van der Waals surface area contributed by atoms with E-state index in [4.69, 9.17) is 5.73 Å². The van der Waals surface area contributed by atoms with Gasteiger partial charge in [-0.15, -0.1) is 5.10 Å². The second kappa shape index (κ2) is 5.13. The monoisotopic (exact) mass is 265 g/mol. The maximum absolute atomic E-state index is 5.72. The summed E-state index contributed by atoms with van der Waals surface area (Å²) in [6.45, 7) is 2.12. The van der Waals surface area contributed by atoms with E-state index in [2.05, 4.69) is 28.5 Å². The van der Waals surface area contributed by atoms with Crippen LogP contribution in [0.2, 0.25) is 0 Å². The zero-order chi connectivity index (χ0) is 13.9. The third-order valence-electron chi connectivity index (χ3n) is 3.24. The Morgan fingerprint density at radius 3 is 2.55 bits per heavy atom. The van der Waals surface area contributed by atoms with E-state index >= 15 is 0 Å². The first kappa shape index (κ1) is 12.3. The van der Waals surface area contributed by atoms with E-state index in [0.29, 0.717) is 5.82 Å². The van der Waals surface area contributed by atoms with Gasteiger partial charge in [-0.3, -0.25) is 0 Å². The van der Waals surface area contributed by atoms with Crippen LogP contribution >= 0.6 is 0 Å². The van der Waals surface area contributed by atoms with Crippen LogP contribution in [0.3, 0.4) is 0 Å². The van der Waals surface area contributed by atoms with E-state index < -0.39 is 0 Å². The minimum atomic E-state index is 0.714. The molecule has 0 amide bonds. The fourth-order valence-electron chi connectivity index (χ4n) is 2.18. The topological polar surface area (TPSA) is 69.6 Å². The Bertz CT molecular complexity index is 715. The summed E-state index contributed by atoms with van der Waals surface area (Å²) in [4.78, 5) is 0. The zero-order valence-electron chi connectivity index (χ0n) is 11.2. The molecule has 3 aromatic rings. The molecule has 0 bridgehead atoms. The van der Waals surface area contributed by atoms with Crippen LogP contribution < -0.4 is 5.73 Å². The number of nitrogens with zero attached hydrogens (tertiary/aromatic N) is 4. The van der Waals surface area contributed by atoms with Crippen molar-refractivity contribution in [3.8, 4) is 17.1 Å². The van der Waals surface area contributed by atoms with E-state index in [1.165, 1.54) is 5.56 Å². The van der Waals surface area contributed by atoms with Gasteiger partial charge in [-0.25, -0.2) is 0 Å². The number of aromatic nitrogens is 4. The van der Waals surface area contributed by atoms with Crippen LogP contribution in [0.25, 0.3) is 17.1 Å². The van der Waals surface area contributed by atoms with Crippen molar-refractivity contribution in [1.29, 1.82) is 0 Å². The largest absolute Gasteiger partial charge is 0.399 e. The molecule has 0 unspecified atom stereocenters. The molecule has 3 rings (SSSR count). The number of nitrogens with two attached hydrogens (primary N) is 1. The van der Waals surface area contributed by atoms with Crippen LogP contribution in [-0.2, 0) is 6.42 Å². The molecule has 0 atom stereocenters. The predicted octanol–water partition coefficient (Wildman–Crippen LogP) is 2.47. The molecule has 2 N–H and O–H groups in total. The van der Waals surface area contributed by atoms with Crippen LogP contribution in [0.5, 0.6) is 0 Å². The van der Waals surface area contributed by atoms with E-state index in [0.717, 1.165) is 23.4 Å². The molecule has 0 radical (unpaired) electrons. The molecule has 100 valence electrons. The molecule has 20 heavy (non-hydrogen) atoms. The minimum Gasteiger partial charge on any atom is -0.399 e. The van der Waals surface area contributed by atoms with Gasteiger partial charge in [-0.1, -0.05) is 25.1 Å². The first-order valence-corrected chi connectivity index (χ1v) is 6.52. The van der Waals surface area contributed by atoms with Gasteiger partial charge < -0.3 is 5.73 Å². The van der Waals surface area contributed by atoms with Crippen molar-refractivity contribution in [3.63, 3.8) is 0 Å². The lowest BCUT2D eigenvalue weighted by atomic mass is 10.1. The summed E-state index contributed by atoms with van der Waals surface area (Å²) in [6, 6.07) is 15.7. The molecule has 1 aromatic heterocycles. The Labute approximate surface area is 117 Å². The number of nitrogen functional groups attached to an aromatic ring is 1. The minimum absolute atomic E-state index is 0.714. The fourth-order valence-corrected chi connectivity index (χ4v) is 2.18. The number of anilines is 1. The number of hydrogen-bond acceptors (Lipinski definition) is 4. The molecule has 0 fully saturated rings. The highest BCUT2D eigenvalue weighted by molar-refractivity contribution is 5.61. The van der Waals surface area contributed by atoms with E-state index in [-0.39, 0.29) is 0 Å². The Morgan fingerprint density at radius 1 is 1.05 bits per heavy atom. The van der Waals surface area contributed by atoms with Crippen molar-refractivity contribution in [3.05, 3.63) is 54.1 Å². The summed E-state index contributed by atoms with van der Waals surface area (Å²) in [7, 11) is 0. The first-order valence-electron chi connectivity index (χ1n) is 6.52. The number of para-hydroxylation sites is 1. The fraction of sp³-hybridized carbons (Fsp3) is 0.133. The molecule has 0 spiro atoms. The van der Waals surface area contributed by atoms with E-state index in [1.807, 2.05) is 42.5 Å². The SMILES string of the molecule is CCc1ccccc1-n1nnnc1-c1ccc(N)cc1. The average molecular weight is 265 g/mol. The summed E-state index contributed by atoms with van der Waals surface area (Å²) in [5.74, 6) is 0.714. The van der Waals surface area contributed by atoms with Gasteiger partial charge in [0.15, 0.2) is 5.82 Å². The molecular formula is C15H15N5. The third-order valence-corrected chi connectivity index (χ3v) is 3.24. The van der Waals surface area contributed by atoms with Gasteiger partial charge in [0, 0.05) is 11.3 Å². The highest BCUT2D eigenvalue weighted by atomic mass is 15.5. The first-order chi connectivity index (χ1) is 9.79. The van der Waals surface area contributed by atoms with Gasteiger partial charge in [-0.2, -0.15) is 4.68 Å². The van der Waals surface area contributed by atoms with Crippen LogP contribution in [-0.4, -0.2) is 20.2 Å². The van der Waals surface area contributed by atoms with Crippen molar-refractivity contribution < 1.29 is 0 Å². The number of hydrogen-bond donors (Lipinski definition) is 1. The van der Waals surface area contributed by atoms with Crippen LogP contribution in [0.4, 0.5) is 5.69 Å². The highest BCUT2D eigenvalue weighted by Gasteiger charge is 2.12. The lowest BCUT2D eigenvalue weighted by molar-refractivity contribution is 0.783. The molecular weight excluding hydrogens is 250 g/mol. The second-order valence-electron chi connectivity index (χ2n) is 4.52. The van der Waals surface area contributed by atoms with Gasteiger partial charge in [0.25, 0.3) is 0 Å². The lowest BCUT2D eigenvalue weighted by Crippen LogP contribution is -2.03. The molecule has 5 heteroatoms. The molecule has 2 aromatic carbocycles. The Kier molecular flexibility index (Phi) is 3.16. The van der Waals surface area contributed by atoms with Crippen LogP contribution in [0, 0.1) is 0 Å². The quantitative estimate of drug-likeness (QED) is 0.739. The molecule has 5 nitrogen and oxygen atoms in total. The smallest absolute Gasteiger partial charge is 0.187 e. The summed E-state index contributed by atoms with van der Waals surface area (Å²) in [6.07, 6.45) is 0.928. The second-order valence-corrected chi connectivity index (χ2v) is 4.52. The number of rotatable bonds is 3. The van der Waals surface area contributed by atoms with E-state index in [9.17, 15) is 0 Å². The number of aryl methyl sites for hydroxylation is 1. The summed E-state index contributed by atoms with van der Waals surface area (Å²) in [5.41, 5.74) is 9.59. The van der Waals surface area contributed by atoms with Gasteiger partial charge in [0.1, 0.15) is 0 Å². The third kappa shape index (κ3) is 2.14. The Morgan fingerprint density at radius 2 is 1.80 bits per heavy atom. The number of benzene rings is 2. The predicted molar refractivity (Wildman–Crippen MR) is 78.4 cm³/mol. The van der Waals surface area contributed by atoms with Gasteiger partial charge in [0.05, 0.1) is 5.69 Å². The van der Waals surface area contributed by atoms with Gasteiger partial charge >= 0.3 is 0 Å². The van der Waals surface area contributed by atoms with Gasteiger partial charge in [-0.05, 0) is 52.7 Å². The standard InChI is InChI=1S/C15H15N5/c1-2-11-5-3-4-6-14(11)20-15(17-18-19-20)12-7-9-13(16)10-8-12/h3-10H,2,16H2,1H3. The average Bonchev–Trinajstić information content (AvgIpc) is 2.97. The normalized spacial score (nSPS) is 10.7. The Balaban J connectivity index is 2.13. The molecule has 0 aliphatic rings. The maximum Gasteiger partial charge on any atom is 0.187 e. The molecule has 0 aliphatic heterocycles. The summed E-state index contributed by atoms with van der Waals surface area (Å²) < 4.78 is 1.77. The van der Waals surface area contributed by atoms with Gasteiger partial charge in [0.2, 0.25) is 0 Å². The summed E-state index contributed by atoms with van der Waals surface area (Å²) >= 11 is 0. The zero-order valence-corrected chi connectivity index (χ0v) is 11.2.